The molecule has 0 N–H and O–H groups in total. The number of nitrogens with zero attached hydrogens (tertiary/aromatic N) is 3. The first-order valence-corrected chi connectivity index (χ1v) is 5.53. The fourth-order valence-electron chi connectivity index (χ4n) is 1.45. The lowest BCUT2D eigenvalue weighted by atomic mass is 10.1. The largest absolute Gasteiger partial charge is 0.451 e. The van der Waals surface area contributed by atoms with Crippen LogP contribution in [0.5, 0.6) is 0 Å². The number of pyridine rings is 1. The maximum absolute atomic E-state index is 4.96. The van der Waals surface area contributed by atoms with Gasteiger partial charge in [-0.2, -0.15) is 0 Å². The van der Waals surface area contributed by atoms with E-state index in [1.807, 2.05) is 11.4 Å². The molecule has 1 radical (unpaired) electrons. The normalized spacial score (nSPS) is 10.5. The predicted octanol–water partition coefficient (Wildman–Crippen LogP) is 2.66. The molecule has 0 spiro atoms. The summed E-state index contributed by atoms with van der Waals surface area (Å²) in [5.41, 5.74) is 5.19. The van der Waals surface area contributed by atoms with Gasteiger partial charge in [0.05, 0.1) is 17.4 Å². The lowest BCUT2D eigenvalue weighted by Crippen LogP contribution is -1.87. The van der Waals surface area contributed by atoms with Crippen LogP contribution >= 0.6 is 11.3 Å². The van der Waals surface area contributed by atoms with Crippen LogP contribution in [0.15, 0.2) is 40.2 Å². The zero-order valence-electron chi connectivity index (χ0n) is 8.12. The van der Waals surface area contributed by atoms with Crippen molar-refractivity contribution in [3.8, 4) is 22.5 Å². The maximum atomic E-state index is 4.96. The van der Waals surface area contributed by atoms with Crippen LogP contribution in [-0.2, 0) is 0 Å². The van der Waals surface area contributed by atoms with E-state index in [0.717, 1.165) is 22.5 Å². The summed E-state index contributed by atoms with van der Waals surface area (Å²) < 4.78 is 4.96. The van der Waals surface area contributed by atoms with Gasteiger partial charge in [-0.25, -0.2) is 9.97 Å². The van der Waals surface area contributed by atoms with Crippen molar-refractivity contribution < 1.29 is 4.42 Å². The molecule has 16 heavy (non-hydrogen) atoms. The van der Waals surface area contributed by atoms with E-state index in [2.05, 4.69) is 21.1 Å². The van der Waals surface area contributed by atoms with E-state index < -0.39 is 0 Å². The van der Waals surface area contributed by atoms with Crippen molar-refractivity contribution in [3.05, 3.63) is 42.0 Å². The summed E-state index contributed by atoms with van der Waals surface area (Å²) in [6, 6.07) is 1.90. The molecule has 77 valence electrons. The van der Waals surface area contributed by atoms with Crippen molar-refractivity contribution in [2.24, 2.45) is 0 Å². The van der Waals surface area contributed by atoms with Gasteiger partial charge in [-0.3, -0.25) is 4.98 Å². The first-order valence-electron chi connectivity index (χ1n) is 4.59. The Labute approximate surface area is 95.6 Å². The molecule has 3 heterocycles. The van der Waals surface area contributed by atoms with Crippen molar-refractivity contribution in [1.82, 2.24) is 15.0 Å². The van der Waals surface area contributed by atoms with Gasteiger partial charge in [-0.05, 0) is 6.07 Å². The van der Waals surface area contributed by atoms with E-state index in [0.29, 0.717) is 0 Å². The number of hydrogen-bond acceptors (Lipinski definition) is 5. The first-order chi connectivity index (χ1) is 7.95. The molecule has 3 aromatic heterocycles. The van der Waals surface area contributed by atoms with Gasteiger partial charge in [-0.1, -0.05) is 0 Å². The summed E-state index contributed by atoms with van der Waals surface area (Å²) in [7, 11) is 0. The van der Waals surface area contributed by atoms with E-state index in [9.17, 15) is 0 Å². The average Bonchev–Trinajstić information content (AvgIpc) is 3.03. The molecule has 0 saturated carbocycles. The minimum absolute atomic E-state index is 0.719. The van der Waals surface area contributed by atoms with Crippen LogP contribution in [0, 0.1) is 6.20 Å². The van der Waals surface area contributed by atoms with Crippen LogP contribution in [0.2, 0.25) is 0 Å². The highest BCUT2D eigenvalue weighted by Gasteiger charge is 2.11. The Hall–Kier alpha value is -2.01. The number of aromatic nitrogens is 3. The number of hydrogen-bond donors (Lipinski definition) is 0. The van der Waals surface area contributed by atoms with Gasteiger partial charge in [0.25, 0.3) is 0 Å². The second-order valence-electron chi connectivity index (χ2n) is 3.09. The van der Waals surface area contributed by atoms with Crippen molar-refractivity contribution in [3.63, 3.8) is 0 Å². The highest BCUT2D eigenvalue weighted by Crippen LogP contribution is 2.29. The zero-order valence-corrected chi connectivity index (χ0v) is 8.94. The number of thiazole rings is 1. The van der Waals surface area contributed by atoms with Crippen LogP contribution < -0.4 is 0 Å². The molecule has 3 aromatic rings. The van der Waals surface area contributed by atoms with Gasteiger partial charge in [0, 0.05) is 22.7 Å². The van der Waals surface area contributed by atoms with Crippen molar-refractivity contribution in [2.45, 2.75) is 0 Å². The molecule has 0 bridgehead atoms. The SMILES string of the molecule is [c]1nccc(-c2cscn2)c1-c1cocn1. The second-order valence-corrected chi connectivity index (χ2v) is 3.81. The molecule has 0 aliphatic carbocycles. The Morgan fingerprint density at radius 3 is 3.00 bits per heavy atom. The van der Waals surface area contributed by atoms with E-state index in [1.165, 1.54) is 6.39 Å². The zero-order chi connectivity index (χ0) is 10.8. The van der Waals surface area contributed by atoms with Crippen molar-refractivity contribution in [1.29, 1.82) is 0 Å². The minimum atomic E-state index is 0.719. The number of rotatable bonds is 2. The molecule has 0 saturated heterocycles. The van der Waals surface area contributed by atoms with Gasteiger partial charge in [-0.15, -0.1) is 11.3 Å². The topological polar surface area (TPSA) is 51.8 Å². The monoisotopic (exact) mass is 228 g/mol. The Kier molecular flexibility index (Phi) is 2.23. The molecule has 0 unspecified atom stereocenters. The third-order valence-corrected chi connectivity index (χ3v) is 2.74. The Bertz CT molecular complexity index is 522. The molecule has 0 amide bonds. The second kappa shape index (κ2) is 3.86. The van der Waals surface area contributed by atoms with Crippen LogP contribution in [0.3, 0.4) is 0 Å². The molecule has 5 heteroatoms. The molecule has 0 aliphatic heterocycles. The van der Waals surface area contributed by atoms with Gasteiger partial charge in [0.2, 0.25) is 0 Å². The summed E-state index contributed by atoms with van der Waals surface area (Å²) in [5, 5.41) is 1.98. The van der Waals surface area contributed by atoms with E-state index in [4.69, 9.17) is 4.42 Å². The van der Waals surface area contributed by atoms with E-state index >= 15 is 0 Å². The Morgan fingerprint density at radius 1 is 1.25 bits per heavy atom. The smallest absolute Gasteiger partial charge is 0.181 e. The van der Waals surface area contributed by atoms with Gasteiger partial charge >= 0.3 is 0 Å². The molecule has 0 fully saturated rings. The quantitative estimate of drug-likeness (QED) is 0.676. The van der Waals surface area contributed by atoms with Crippen LogP contribution in [0.25, 0.3) is 22.5 Å². The summed E-state index contributed by atoms with van der Waals surface area (Å²) >= 11 is 1.55. The highest BCUT2D eigenvalue weighted by molar-refractivity contribution is 7.07. The van der Waals surface area contributed by atoms with Crippen LogP contribution in [-0.4, -0.2) is 15.0 Å². The first kappa shape index (κ1) is 9.23. The molecule has 4 nitrogen and oxygen atoms in total. The number of oxazole rings is 1. The third kappa shape index (κ3) is 1.51. The van der Waals surface area contributed by atoms with E-state index in [1.54, 1.807) is 29.3 Å². The molecule has 0 aromatic carbocycles. The average molecular weight is 228 g/mol. The summed E-state index contributed by atoms with van der Waals surface area (Å²) in [6.07, 6.45) is 7.58. The lowest BCUT2D eigenvalue weighted by Gasteiger charge is -2.01. The minimum Gasteiger partial charge on any atom is -0.451 e. The van der Waals surface area contributed by atoms with Crippen LogP contribution in [0.4, 0.5) is 0 Å². The predicted molar refractivity (Wildman–Crippen MR) is 59.7 cm³/mol. The van der Waals surface area contributed by atoms with Gasteiger partial charge in [0.1, 0.15) is 12.0 Å². The van der Waals surface area contributed by atoms with Gasteiger partial charge in [0.15, 0.2) is 6.39 Å². The fraction of sp³-hybridized carbons (Fsp3) is 0. The van der Waals surface area contributed by atoms with E-state index in [-0.39, 0.29) is 0 Å². The molecular formula is C11H6N3OS. The summed E-state index contributed by atoms with van der Waals surface area (Å²) in [5.74, 6) is 0. The van der Waals surface area contributed by atoms with Crippen LogP contribution in [0.1, 0.15) is 0 Å². The third-order valence-electron chi connectivity index (χ3n) is 2.16. The standard InChI is InChI=1S/C11H6N3OS/c1-2-12-3-9(10-4-15-6-13-10)8(1)11-5-16-7-14-11/h1-2,4-7H. The Balaban J connectivity index is 2.19. The van der Waals surface area contributed by atoms with Crippen molar-refractivity contribution in [2.75, 3.05) is 0 Å². The summed E-state index contributed by atoms with van der Waals surface area (Å²) in [4.78, 5) is 12.3. The van der Waals surface area contributed by atoms with Gasteiger partial charge < -0.3 is 4.42 Å². The maximum Gasteiger partial charge on any atom is 0.181 e. The fourth-order valence-corrected chi connectivity index (χ4v) is 2.00. The highest BCUT2D eigenvalue weighted by atomic mass is 32.1. The lowest BCUT2D eigenvalue weighted by molar-refractivity contribution is 0.558. The Morgan fingerprint density at radius 2 is 2.25 bits per heavy atom. The molecular weight excluding hydrogens is 222 g/mol. The molecule has 3 rings (SSSR count). The van der Waals surface area contributed by atoms with Crippen molar-refractivity contribution >= 4 is 11.3 Å². The summed E-state index contributed by atoms with van der Waals surface area (Å²) in [6.45, 7) is 0. The molecule has 0 aliphatic rings. The molecule has 0 atom stereocenters.